The van der Waals surface area contributed by atoms with Crippen LogP contribution in [-0.4, -0.2) is 32.8 Å². The van der Waals surface area contributed by atoms with Crippen LogP contribution in [0.3, 0.4) is 0 Å². The Morgan fingerprint density at radius 1 is 1.56 bits per heavy atom. The number of aliphatic carboxylic acids is 1. The van der Waals surface area contributed by atoms with E-state index in [1.165, 1.54) is 16.3 Å². The first kappa shape index (κ1) is 12.6. The van der Waals surface area contributed by atoms with Gasteiger partial charge in [-0.1, -0.05) is 11.8 Å². The van der Waals surface area contributed by atoms with E-state index in [0.29, 0.717) is 5.16 Å². The van der Waals surface area contributed by atoms with Gasteiger partial charge in [-0.2, -0.15) is 0 Å². The van der Waals surface area contributed by atoms with Gasteiger partial charge in [0.2, 0.25) is 5.91 Å². The molecule has 1 atom stereocenters. The van der Waals surface area contributed by atoms with Crippen molar-refractivity contribution in [2.45, 2.75) is 17.5 Å². The SMILES string of the molecule is CSc1nc2c(c(=O)n1C)C(CC(=O)O)C(=O)N2. The lowest BCUT2D eigenvalue weighted by Crippen LogP contribution is -2.26. The molecule has 8 heteroatoms. The van der Waals surface area contributed by atoms with Gasteiger partial charge >= 0.3 is 5.97 Å². The zero-order valence-corrected chi connectivity index (χ0v) is 10.6. The van der Waals surface area contributed by atoms with E-state index in [4.69, 9.17) is 5.11 Å². The molecule has 0 saturated carbocycles. The number of hydrogen-bond donors (Lipinski definition) is 2. The Morgan fingerprint density at radius 3 is 2.78 bits per heavy atom. The van der Waals surface area contributed by atoms with Gasteiger partial charge < -0.3 is 10.4 Å². The summed E-state index contributed by atoms with van der Waals surface area (Å²) < 4.78 is 1.32. The highest BCUT2D eigenvalue weighted by Gasteiger charge is 2.37. The van der Waals surface area contributed by atoms with E-state index in [1.807, 2.05) is 0 Å². The van der Waals surface area contributed by atoms with Gasteiger partial charge in [-0.25, -0.2) is 4.98 Å². The van der Waals surface area contributed by atoms with E-state index in [9.17, 15) is 14.4 Å². The van der Waals surface area contributed by atoms with Crippen LogP contribution in [0.4, 0.5) is 5.82 Å². The Kier molecular flexibility index (Phi) is 3.12. The predicted octanol–water partition coefficient (Wildman–Crippen LogP) is 0.0126. The van der Waals surface area contributed by atoms with Crippen molar-refractivity contribution in [3.05, 3.63) is 15.9 Å². The maximum atomic E-state index is 12.1. The van der Waals surface area contributed by atoms with Crippen LogP contribution in [0.2, 0.25) is 0 Å². The number of nitrogens with one attached hydrogen (secondary N) is 1. The van der Waals surface area contributed by atoms with Gasteiger partial charge in [0.05, 0.1) is 17.9 Å². The topological polar surface area (TPSA) is 101 Å². The zero-order valence-electron chi connectivity index (χ0n) is 9.76. The van der Waals surface area contributed by atoms with E-state index in [1.54, 1.807) is 13.3 Å². The Labute approximate surface area is 106 Å². The number of carbonyl (C=O) groups excluding carboxylic acids is 1. The summed E-state index contributed by atoms with van der Waals surface area (Å²) in [5, 5.41) is 11.7. The molecule has 96 valence electrons. The molecule has 0 radical (unpaired) electrons. The number of carboxylic acids is 1. The molecule has 18 heavy (non-hydrogen) atoms. The van der Waals surface area contributed by atoms with Gasteiger partial charge in [0.1, 0.15) is 5.82 Å². The highest BCUT2D eigenvalue weighted by atomic mass is 32.2. The third-order valence-electron chi connectivity index (χ3n) is 2.75. The Balaban J connectivity index is 2.59. The minimum absolute atomic E-state index is 0.141. The van der Waals surface area contributed by atoms with E-state index in [0.717, 1.165) is 0 Å². The molecule has 1 unspecified atom stereocenters. The van der Waals surface area contributed by atoms with Gasteiger partial charge in [0.25, 0.3) is 5.56 Å². The van der Waals surface area contributed by atoms with Crippen LogP contribution in [0.5, 0.6) is 0 Å². The molecule has 1 aromatic heterocycles. The van der Waals surface area contributed by atoms with E-state index in [-0.39, 0.29) is 16.9 Å². The monoisotopic (exact) mass is 269 g/mol. The number of hydrogen-bond acceptors (Lipinski definition) is 5. The van der Waals surface area contributed by atoms with Crippen molar-refractivity contribution in [2.75, 3.05) is 11.6 Å². The van der Waals surface area contributed by atoms with Crippen molar-refractivity contribution in [2.24, 2.45) is 7.05 Å². The van der Waals surface area contributed by atoms with Crippen LogP contribution < -0.4 is 10.9 Å². The van der Waals surface area contributed by atoms with Gasteiger partial charge in [0, 0.05) is 7.05 Å². The number of carboxylic acid groups (broad SMARTS) is 1. The smallest absolute Gasteiger partial charge is 0.304 e. The summed E-state index contributed by atoms with van der Waals surface area (Å²) >= 11 is 1.28. The number of fused-ring (bicyclic) bond motifs is 1. The largest absolute Gasteiger partial charge is 0.481 e. The second-order valence-corrected chi connectivity index (χ2v) is 4.64. The van der Waals surface area contributed by atoms with Crippen molar-refractivity contribution >= 4 is 29.5 Å². The third kappa shape index (κ3) is 1.88. The molecule has 0 saturated heterocycles. The molecule has 0 aliphatic carbocycles. The summed E-state index contributed by atoms with van der Waals surface area (Å²) in [6, 6.07) is 0. The second kappa shape index (κ2) is 4.45. The first-order chi connectivity index (χ1) is 8.45. The Morgan fingerprint density at radius 2 is 2.22 bits per heavy atom. The van der Waals surface area contributed by atoms with Crippen molar-refractivity contribution < 1.29 is 14.7 Å². The fraction of sp³-hybridized carbons (Fsp3) is 0.400. The fourth-order valence-corrected chi connectivity index (χ4v) is 2.44. The average Bonchev–Trinajstić information content (AvgIpc) is 2.60. The van der Waals surface area contributed by atoms with Crippen molar-refractivity contribution in [1.82, 2.24) is 9.55 Å². The molecule has 7 nitrogen and oxygen atoms in total. The molecule has 1 aliphatic rings. The Hall–Kier alpha value is -1.83. The quantitative estimate of drug-likeness (QED) is 0.592. The van der Waals surface area contributed by atoms with Gasteiger partial charge in [-0.05, 0) is 6.26 Å². The molecular formula is C10H11N3O4S. The second-order valence-electron chi connectivity index (χ2n) is 3.86. The minimum Gasteiger partial charge on any atom is -0.481 e. The minimum atomic E-state index is -1.13. The lowest BCUT2D eigenvalue weighted by molar-refractivity contribution is -0.138. The predicted molar refractivity (Wildman–Crippen MR) is 64.9 cm³/mol. The van der Waals surface area contributed by atoms with Crippen molar-refractivity contribution in [1.29, 1.82) is 0 Å². The molecule has 2 heterocycles. The maximum Gasteiger partial charge on any atom is 0.304 e. The Bertz CT molecular complexity index is 596. The molecule has 0 aromatic carbocycles. The number of carbonyl (C=O) groups is 2. The number of thioether (sulfide) groups is 1. The standard InChI is InChI=1S/C10H11N3O4S/c1-13-9(17)6-4(3-5(14)15)8(16)11-7(6)12-10(13)18-2/h4H,3H2,1-2H3,(H,11,16)(H,14,15). The molecule has 1 aromatic rings. The molecule has 2 N–H and O–H groups in total. The molecule has 2 rings (SSSR count). The lowest BCUT2D eigenvalue weighted by atomic mass is 10.00. The number of anilines is 1. The van der Waals surface area contributed by atoms with Gasteiger partial charge in [0.15, 0.2) is 5.16 Å². The van der Waals surface area contributed by atoms with Crippen molar-refractivity contribution in [3.63, 3.8) is 0 Å². The highest BCUT2D eigenvalue weighted by Crippen LogP contribution is 2.31. The van der Waals surface area contributed by atoms with Crippen LogP contribution in [0, 0.1) is 0 Å². The molecular weight excluding hydrogens is 258 g/mol. The first-order valence-electron chi connectivity index (χ1n) is 5.13. The van der Waals surface area contributed by atoms with Crippen LogP contribution in [0.15, 0.2) is 9.95 Å². The first-order valence-corrected chi connectivity index (χ1v) is 6.35. The average molecular weight is 269 g/mol. The van der Waals surface area contributed by atoms with E-state index < -0.39 is 24.2 Å². The summed E-state index contributed by atoms with van der Waals surface area (Å²) in [6.07, 6.45) is 1.36. The normalized spacial score (nSPS) is 17.4. The molecule has 1 amide bonds. The van der Waals surface area contributed by atoms with Crippen LogP contribution in [0.1, 0.15) is 17.9 Å². The van der Waals surface area contributed by atoms with Crippen LogP contribution in [0.25, 0.3) is 0 Å². The maximum absolute atomic E-state index is 12.1. The van der Waals surface area contributed by atoms with Gasteiger partial charge in [-0.15, -0.1) is 0 Å². The summed E-state index contributed by atoms with van der Waals surface area (Å²) in [7, 11) is 1.54. The third-order valence-corrected chi connectivity index (χ3v) is 3.48. The zero-order chi connectivity index (χ0) is 13.4. The van der Waals surface area contributed by atoms with E-state index in [2.05, 4.69) is 10.3 Å². The van der Waals surface area contributed by atoms with Crippen LogP contribution in [-0.2, 0) is 16.6 Å². The number of aromatic nitrogens is 2. The molecule has 0 bridgehead atoms. The number of nitrogens with zero attached hydrogens (tertiary/aromatic N) is 2. The van der Waals surface area contributed by atoms with Gasteiger partial charge in [-0.3, -0.25) is 19.0 Å². The molecule has 1 aliphatic heterocycles. The summed E-state index contributed by atoms with van der Waals surface area (Å²) in [5.41, 5.74) is -0.239. The molecule has 0 fully saturated rings. The van der Waals surface area contributed by atoms with E-state index >= 15 is 0 Å². The summed E-state index contributed by atoms with van der Waals surface area (Å²) in [5.74, 6) is -2.40. The fourth-order valence-electron chi connectivity index (χ4n) is 1.90. The lowest BCUT2D eigenvalue weighted by Gasteiger charge is -2.08. The highest BCUT2D eigenvalue weighted by molar-refractivity contribution is 7.98. The summed E-state index contributed by atoms with van der Waals surface area (Å²) in [6.45, 7) is 0. The number of amides is 1. The van der Waals surface area contributed by atoms with Crippen molar-refractivity contribution in [3.8, 4) is 0 Å². The number of rotatable bonds is 3. The van der Waals surface area contributed by atoms with Crippen LogP contribution >= 0.6 is 11.8 Å². The summed E-state index contributed by atoms with van der Waals surface area (Å²) in [4.78, 5) is 38.6. The molecule has 0 spiro atoms.